The predicted octanol–water partition coefficient (Wildman–Crippen LogP) is 3.04. The van der Waals surface area contributed by atoms with Crippen molar-refractivity contribution in [2.45, 2.75) is 32.1 Å². The van der Waals surface area contributed by atoms with Crippen LogP contribution >= 0.6 is 0 Å². The first kappa shape index (κ1) is 19.7. The van der Waals surface area contributed by atoms with Crippen molar-refractivity contribution in [3.8, 4) is 0 Å². The Kier molecular flexibility index (Phi) is 5.45. The Hall–Kier alpha value is -2.61. The van der Waals surface area contributed by atoms with Crippen molar-refractivity contribution in [1.82, 2.24) is 4.98 Å². The highest BCUT2D eigenvalue weighted by Gasteiger charge is 2.24. The molecule has 4 rings (SSSR count). The van der Waals surface area contributed by atoms with Crippen molar-refractivity contribution in [2.24, 2.45) is 0 Å². The maximum absolute atomic E-state index is 12.7. The van der Waals surface area contributed by atoms with Crippen molar-refractivity contribution in [3.63, 3.8) is 0 Å². The van der Waals surface area contributed by atoms with Crippen LogP contribution in [0.5, 0.6) is 0 Å². The van der Waals surface area contributed by atoms with E-state index in [1.165, 1.54) is 29.8 Å². The van der Waals surface area contributed by atoms with Gasteiger partial charge < -0.3 is 10.2 Å². The second-order valence-corrected chi connectivity index (χ2v) is 9.59. The van der Waals surface area contributed by atoms with Crippen LogP contribution in [0.4, 0.5) is 17.2 Å². The van der Waals surface area contributed by atoms with E-state index in [1.54, 1.807) is 24.4 Å². The van der Waals surface area contributed by atoms with E-state index in [4.69, 9.17) is 0 Å². The van der Waals surface area contributed by atoms with Crippen molar-refractivity contribution in [2.75, 3.05) is 40.4 Å². The third kappa shape index (κ3) is 4.37. The van der Waals surface area contributed by atoms with Crippen LogP contribution in [0.25, 0.3) is 0 Å². The minimum Gasteiger partial charge on any atom is -0.370 e. The molecule has 0 saturated carbocycles. The molecule has 29 heavy (non-hydrogen) atoms. The minimum atomic E-state index is -3.32. The fraction of sp³-hybridized carbons (Fsp3) is 0.429. The number of fused-ring (bicyclic) bond motifs is 1. The second-order valence-electron chi connectivity index (χ2n) is 7.69. The van der Waals surface area contributed by atoms with Crippen LogP contribution in [0.2, 0.25) is 0 Å². The average molecular weight is 415 g/mol. The summed E-state index contributed by atoms with van der Waals surface area (Å²) >= 11 is 0. The lowest BCUT2D eigenvalue weighted by molar-refractivity contribution is 0.102. The molecule has 1 amide bonds. The Morgan fingerprint density at radius 2 is 1.83 bits per heavy atom. The topological polar surface area (TPSA) is 82.6 Å². The van der Waals surface area contributed by atoms with E-state index in [1.807, 2.05) is 12.1 Å². The molecule has 0 aliphatic carbocycles. The van der Waals surface area contributed by atoms with Gasteiger partial charge in [-0.3, -0.25) is 9.10 Å². The van der Waals surface area contributed by atoms with E-state index < -0.39 is 10.0 Å². The van der Waals surface area contributed by atoms with Crippen molar-refractivity contribution in [3.05, 3.63) is 47.7 Å². The largest absolute Gasteiger partial charge is 0.370 e. The molecule has 0 radical (unpaired) electrons. The van der Waals surface area contributed by atoms with Crippen LogP contribution < -0.4 is 14.5 Å². The van der Waals surface area contributed by atoms with Gasteiger partial charge in [-0.05, 0) is 68.0 Å². The normalized spacial score (nSPS) is 17.0. The summed E-state index contributed by atoms with van der Waals surface area (Å²) in [5, 5.41) is 2.84. The van der Waals surface area contributed by atoms with Crippen LogP contribution in [0.3, 0.4) is 0 Å². The van der Waals surface area contributed by atoms with E-state index in [9.17, 15) is 13.2 Å². The van der Waals surface area contributed by atoms with Crippen LogP contribution in [-0.4, -0.2) is 45.2 Å². The molecule has 0 unspecified atom stereocenters. The SMILES string of the molecule is CS(=O)(=O)N1CCCc2cc(C(=O)Nc3ccc(N4CCCCC4)cn3)ccc21. The molecule has 0 bridgehead atoms. The number of hydrogen-bond acceptors (Lipinski definition) is 5. The zero-order valence-corrected chi connectivity index (χ0v) is 17.4. The lowest BCUT2D eigenvalue weighted by Crippen LogP contribution is -2.34. The first-order valence-corrected chi connectivity index (χ1v) is 11.9. The summed E-state index contributed by atoms with van der Waals surface area (Å²) in [6.07, 6.45) is 8.19. The number of nitrogens with zero attached hydrogens (tertiary/aromatic N) is 3. The Balaban J connectivity index is 1.47. The third-order valence-corrected chi connectivity index (χ3v) is 6.71. The number of piperidine rings is 1. The van der Waals surface area contributed by atoms with Crippen LogP contribution in [0.1, 0.15) is 41.6 Å². The van der Waals surface area contributed by atoms with Gasteiger partial charge in [0.15, 0.2) is 0 Å². The number of anilines is 3. The summed E-state index contributed by atoms with van der Waals surface area (Å²) in [4.78, 5) is 19.4. The Morgan fingerprint density at radius 3 is 2.52 bits per heavy atom. The van der Waals surface area contributed by atoms with Crippen molar-refractivity contribution >= 4 is 33.1 Å². The quantitative estimate of drug-likeness (QED) is 0.832. The Labute approximate surface area is 171 Å². The van der Waals surface area contributed by atoms with Gasteiger partial charge in [-0.15, -0.1) is 0 Å². The summed E-state index contributed by atoms with van der Waals surface area (Å²) in [5.74, 6) is 0.258. The summed E-state index contributed by atoms with van der Waals surface area (Å²) in [6, 6.07) is 8.98. The fourth-order valence-electron chi connectivity index (χ4n) is 4.04. The van der Waals surface area contributed by atoms with Gasteiger partial charge in [0.25, 0.3) is 5.91 Å². The number of amides is 1. The number of carbonyl (C=O) groups excluding carboxylic acids is 1. The number of rotatable bonds is 4. The molecular formula is C21H26N4O3S. The zero-order valence-electron chi connectivity index (χ0n) is 16.6. The number of aryl methyl sites for hydroxylation is 1. The van der Waals surface area contributed by atoms with Crippen LogP contribution in [0, 0.1) is 0 Å². The molecule has 1 aromatic carbocycles. The molecule has 2 aromatic rings. The Bertz CT molecular complexity index is 999. The molecule has 0 atom stereocenters. The van der Waals surface area contributed by atoms with E-state index in [2.05, 4.69) is 15.2 Å². The van der Waals surface area contributed by atoms with Gasteiger partial charge in [0.05, 0.1) is 23.8 Å². The standard InChI is InChI=1S/C21H26N4O3S/c1-29(27,28)25-13-5-6-16-14-17(7-9-19(16)25)21(26)23-20-10-8-18(15-22-20)24-11-3-2-4-12-24/h7-10,14-15H,2-6,11-13H2,1H3,(H,22,23,26). The van der Waals surface area contributed by atoms with Crippen LogP contribution in [0.15, 0.2) is 36.5 Å². The maximum Gasteiger partial charge on any atom is 0.256 e. The molecule has 1 saturated heterocycles. The molecule has 154 valence electrons. The number of pyridine rings is 1. The summed E-state index contributed by atoms with van der Waals surface area (Å²) in [7, 11) is -3.32. The molecule has 1 aromatic heterocycles. The van der Waals surface area contributed by atoms with Gasteiger partial charge >= 0.3 is 0 Å². The Morgan fingerprint density at radius 1 is 1.03 bits per heavy atom. The van der Waals surface area contributed by atoms with Crippen molar-refractivity contribution < 1.29 is 13.2 Å². The second kappa shape index (κ2) is 8.02. The van der Waals surface area contributed by atoms with Gasteiger partial charge in [0.2, 0.25) is 10.0 Å². The van der Waals surface area contributed by atoms with Gasteiger partial charge in [0, 0.05) is 25.2 Å². The van der Waals surface area contributed by atoms with Crippen molar-refractivity contribution in [1.29, 1.82) is 0 Å². The summed E-state index contributed by atoms with van der Waals surface area (Å²) < 4.78 is 25.4. The highest BCUT2D eigenvalue weighted by atomic mass is 32.2. The first-order chi connectivity index (χ1) is 13.9. The van der Waals surface area contributed by atoms with Gasteiger partial charge in [-0.25, -0.2) is 13.4 Å². The minimum absolute atomic E-state index is 0.248. The molecule has 1 N–H and O–H groups in total. The zero-order chi connectivity index (χ0) is 20.4. The molecule has 8 heteroatoms. The maximum atomic E-state index is 12.7. The number of hydrogen-bond donors (Lipinski definition) is 1. The van der Waals surface area contributed by atoms with E-state index in [-0.39, 0.29) is 5.91 Å². The number of carbonyl (C=O) groups is 1. The van der Waals surface area contributed by atoms with E-state index in [0.29, 0.717) is 23.6 Å². The average Bonchev–Trinajstić information content (AvgIpc) is 2.73. The lowest BCUT2D eigenvalue weighted by Gasteiger charge is -2.29. The number of benzene rings is 1. The van der Waals surface area contributed by atoms with Gasteiger partial charge in [0.1, 0.15) is 5.82 Å². The first-order valence-electron chi connectivity index (χ1n) is 10.0. The smallest absolute Gasteiger partial charge is 0.256 e. The molecule has 2 aliphatic heterocycles. The molecule has 7 nitrogen and oxygen atoms in total. The van der Waals surface area contributed by atoms with Gasteiger partial charge in [-0.2, -0.15) is 0 Å². The number of nitrogens with one attached hydrogen (secondary N) is 1. The lowest BCUT2D eigenvalue weighted by atomic mass is 10.0. The highest BCUT2D eigenvalue weighted by molar-refractivity contribution is 7.92. The van der Waals surface area contributed by atoms with Gasteiger partial charge in [-0.1, -0.05) is 0 Å². The number of aromatic nitrogens is 1. The van der Waals surface area contributed by atoms with Crippen LogP contribution in [-0.2, 0) is 16.4 Å². The third-order valence-electron chi connectivity index (χ3n) is 5.53. The summed E-state index contributed by atoms with van der Waals surface area (Å²) in [6.45, 7) is 2.57. The molecule has 1 fully saturated rings. The fourth-order valence-corrected chi connectivity index (χ4v) is 5.03. The number of sulfonamides is 1. The highest BCUT2D eigenvalue weighted by Crippen LogP contribution is 2.30. The predicted molar refractivity (Wildman–Crippen MR) is 115 cm³/mol. The molecular weight excluding hydrogens is 388 g/mol. The molecule has 3 heterocycles. The van der Waals surface area contributed by atoms with E-state index >= 15 is 0 Å². The monoisotopic (exact) mass is 414 g/mol. The summed E-state index contributed by atoms with van der Waals surface area (Å²) in [5.41, 5.74) is 3.13. The van der Waals surface area contributed by atoms with E-state index in [0.717, 1.165) is 37.2 Å². The molecule has 2 aliphatic rings. The molecule has 0 spiro atoms.